The van der Waals surface area contributed by atoms with Crippen molar-refractivity contribution < 1.29 is 4.79 Å². The van der Waals surface area contributed by atoms with Gasteiger partial charge in [0.25, 0.3) is 0 Å². The Balaban J connectivity index is 2.27. The molecule has 4 nitrogen and oxygen atoms in total. The summed E-state index contributed by atoms with van der Waals surface area (Å²) in [6, 6.07) is 12.1. The topological polar surface area (TPSA) is 64.9 Å². The third-order valence-corrected chi connectivity index (χ3v) is 2.43. The predicted octanol–water partition coefficient (Wildman–Crippen LogP) is 1.37. The summed E-state index contributed by atoms with van der Waals surface area (Å²) in [6.45, 7) is 2.69. The maximum Gasteiger partial charge on any atom is 0.234 e. The summed E-state index contributed by atoms with van der Waals surface area (Å²) in [4.78, 5) is 11.4. The van der Waals surface area contributed by atoms with Gasteiger partial charge in [-0.1, -0.05) is 30.3 Å². The van der Waals surface area contributed by atoms with Gasteiger partial charge in [0, 0.05) is 12.6 Å². The van der Waals surface area contributed by atoms with Crippen LogP contribution in [-0.2, 0) is 4.79 Å². The van der Waals surface area contributed by atoms with Crippen LogP contribution in [0.5, 0.6) is 0 Å². The van der Waals surface area contributed by atoms with Crippen molar-refractivity contribution in [3.8, 4) is 6.07 Å². The molecule has 2 N–H and O–H groups in total. The Hall–Kier alpha value is -1.86. The van der Waals surface area contributed by atoms with Crippen LogP contribution >= 0.6 is 0 Å². The molecule has 0 saturated heterocycles. The van der Waals surface area contributed by atoms with E-state index in [4.69, 9.17) is 5.26 Å². The monoisotopic (exact) mass is 231 g/mol. The fourth-order valence-electron chi connectivity index (χ4n) is 1.43. The van der Waals surface area contributed by atoms with Crippen LogP contribution in [-0.4, -0.2) is 19.0 Å². The minimum Gasteiger partial charge on any atom is -0.354 e. The lowest BCUT2D eigenvalue weighted by atomic mass is 10.1. The van der Waals surface area contributed by atoms with E-state index >= 15 is 0 Å². The van der Waals surface area contributed by atoms with E-state index in [-0.39, 0.29) is 18.5 Å². The van der Waals surface area contributed by atoms with Crippen molar-refractivity contribution in [3.63, 3.8) is 0 Å². The molecule has 0 fully saturated rings. The van der Waals surface area contributed by atoms with Crippen molar-refractivity contribution in [2.24, 2.45) is 0 Å². The summed E-state index contributed by atoms with van der Waals surface area (Å²) in [5.74, 6) is -0.0805. The van der Waals surface area contributed by atoms with Gasteiger partial charge in [-0.3, -0.25) is 4.79 Å². The highest BCUT2D eigenvalue weighted by Crippen LogP contribution is 2.10. The molecule has 0 radical (unpaired) electrons. The number of hydrogen-bond acceptors (Lipinski definition) is 3. The lowest BCUT2D eigenvalue weighted by molar-refractivity contribution is -0.120. The van der Waals surface area contributed by atoms with Gasteiger partial charge in [0.15, 0.2) is 0 Å². The van der Waals surface area contributed by atoms with Crippen molar-refractivity contribution in [2.75, 3.05) is 13.1 Å². The van der Waals surface area contributed by atoms with Gasteiger partial charge in [-0.25, -0.2) is 0 Å². The van der Waals surface area contributed by atoms with Crippen molar-refractivity contribution in [2.45, 2.75) is 19.4 Å². The van der Waals surface area contributed by atoms with Gasteiger partial charge in [0.2, 0.25) is 5.91 Å². The number of nitrogens with one attached hydrogen (secondary N) is 2. The molecule has 0 aromatic heterocycles. The maximum atomic E-state index is 11.4. The molecule has 1 unspecified atom stereocenters. The second kappa shape index (κ2) is 7.42. The van der Waals surface area contributed by atoms with Crippen LogP contribution < -0.4 is 10.6 Å². The van der Waals surface area contributed by atoms with Gasteiger partial charge >= 0.3 is 0 Å². The van der Waals surface area contributed by atoms with Gasteiger partial charge in [-0.2, -0.15) is 5.26 Å². The smallest absolute Gasteiger partial charge is 0.234 e. The quantitative estimate of drug-likeness (QED) is 0.727. The molecule has 90 valence electrons. The minimum atomic E-state index is -0.0805. The van der Waals surface area contributed by atoms with E-state index in [0.717, 1.165) is 5.56 Å². The van der Waals surface area contributed by atoms with Crippen LogP contribution in [0, 0.1) is 11.3 Å². The van der Waals surface area contributed by atoms with Gasteiger partial charge in [0.05, 0.1) is 19.0 Å². The molecule has 1 aromatic carbocycles. The lowest BCUT2D eigenvalue weighted by Crippen LogP contribution is -2.35. The fraction of sp³-hybridized carbons (Fsp3) is 0.385. The van der Waals surface area contributed by atoms with Crippen LogP contribution in [0.4, 0.5) is 0 Å². The zero-order valence-corrected chi connectivity index (χ0v) is 9.94. The standard InChI is InChI=1S/C13H17N3O/c1-11(12-6-3-2-4-7-12)16-10-13(17)15-9-5-8-14/h2-4,6-7,11,16H,5,9-10H2,1H3,(H,15,17). The average Bonchev–Trinajstić information content (AvgIpc) is 2.37. The van der Waals surface area contributed by atoms with Crippen molar-refractivity contribution in [1.82, 2.24) is 10.6 Å². The molecule has 1 aromatic rings. The van der Waals surface area contributed by atoms with Crippen LogP contribution in [0.25, 0.3) is 0 Å². The van der Waals surface area contributed by atoms with Crippen LogP contribution in [0.3, 0.4) is 0 Å². The van der Waals surface area contributed by atoms with Gasteiger partial charge < -0.3 is 10.6 Å². The molecule has 0 aliphatic heterocycles. The minimum absolute atomic E-state index is 0.0805. The molecule has 1 atom stereocenters. The summed E-state index contributed by atoms with van der Waals surface area (Å²) in [5.41, 5.74) is 1.15. The van der Waals surface area contributed by atoms with Crippen molar-refractivity contribution in [3.05, 3.63) is 35.9 Å². The number of nitriles is 1. The molecule has 4 heteroatoms. The van der Waals surface area contributed by atoms with Gasteiger partial charge in [-0.15, -0.1) is 0 Å². The predicted molar refractivity (Wildman–Crippen MR) is 66.1 cm³/mol. The first-order valence-corrected chi connectivity index (χ1v) is 5.66. The first-order chi connectivity index (χ1) is 8.24. The number of benzene rings is 1. The van der Waals surface area contributed by atoms with E-state index in [1.54, 1.807) is 0 Å². The number of rotatable bonds is 6. The summed E-state index contributed by atoms with van der Waals surface area (Å²) in [5, 5.41) is 14.1. The molecule has 0 spiro atoms. The zero-order valence-electron chi connectivity index (χ0n) is 9.94. The number of carbonyl (C=O) groups excluding carboxylic acids is 1. The molecule has 0 heterocycles. The first-order valence-electron chi connectivity index (χ1n) is 5.66. The Morgan fingerprint density at radius 1 is 1.41 bits per heavy atom. The van der Waals surface area contributed by atoms with E-state index < -0.39 is 0 Å². The molecular formula is C13H17N3O. The molecule has 17 heavy (non-hydrogen) atoms. The van der Waals surface area contributed by atoms with Crippen molar-refractivity contribution >= 4 is 5.91 Å². The van der Waals surface area contributed by atoms with Crippen LogP contribution in [0.2, 0.25) is 0 Å². The number of amides is 1. The number of nitrogens with zero attached hydrogens (tertiary/aromatic N) is 1. The third-order valence-electron chi connectivity index (χ3n) is 2.43. The Kier molecular flexibility index (Phi) is 5.76. The average molecular weight is 231 g/mol. The summed E-state index contributed by atoms with van der Waals surface area (Å²) in [6.07, 6.45) is 0.347. The molecule has 0 aliphatic carbocycles. The maximum absolute atomic E-state index is 11.4. The molecule has 0 bridgehead atoms. The van der Waals surface area contributed by atoms with E-state index in [1.165, 1.54) is 0 Å². The fourth-order valence-corrected chi connectivity index (χ4v) is 1.43. The van der Waals surface area contributed by atoms with Crippen LogP contribution in [0.15, 0.2) is 30.3 Å². The molecular weight excluding hydrogens is 214 g/mol. The highest BCUT2D eigenvalue weighted by atomic mass is 16.1. The zero-order chi connectivity index (χ0) is 12.5. The normalized spacial score (nSPS) is 11.5. The Morgan fingerprint density at radius 3 is 2.76 bits per heavy atom. The summed E-state index contributed by atoms with van der Waals surface area (Å²) < 4.78 is 0. The van der Waals surface area contributed by atoms with E-state index in [0.29, 0.717) is 13.0 Å². The third kappa shape index (κ3) is 5.14. The highest BCUT2D eigenvalue weighted by Gasteiger charge is 2.06. The van der Waals surface area contributed by atoms with Crippen molar-refractivity contribution in [1.29, 1.82) is 5.26 Å². The lowest BCUT2D eigenvalue weighted by Gasteiger charge is -2.13. The van der Waals surface area contributed by atoms with E-state index in [1.807, 2.05) is 43.3 Å². The summed E-state index contributed by atoms with van der Waals surface area (Å²) in [7, 11) is 0. The van der Waals surface area contributed by atoms with E-state index in [2.05, 4.69) is 10.6 Å². The second-order valence-electron chi connectivity index (χ2n) is 3.77. The number of carbonyl (C=O) groups is 1. The Bertz CT molecular complexity index is 383. The Morgan fingerprint density at radius 2 is 2.12 bits per heavy atom. The molecule has 0 aliphatic rings. The SMILES string of the molecule is CC(NCC(=O)NCCC#N)c1ccccc1. The second-order valence-corrected chi connectivity index (χ2v) is 3.77. The summed E-state index contributed by atoms with van der Waals surface area (Å²) >= 11 is 0. The van der Waals surface area contributed by atoms with E-state index in [9.17, 15) is 4.79 Å². The van der Waals surface area contributed by atoms with Gasteiger partial charge in [0.1, 0.15) is 0 Å². The Labute approximate surface area is 102 Å². The first kappa shape index (κ1) is 13.2. The highest BCUT2D eigenvalue weighted by molar-refractivity contribution is 5.78. The molecule has 1 amide bonds. The van der Waals surface area contributed by atoms with Crippen LogP contribution in [0.1, 0.15) is 24.9 Å². The molecule has 1 rings (SSSR count). The largest absolute Gasteiger partial charge is 0.354 e. The molecule has 0 saturated carbocycles. The van der Waals surface area contributed by atoms with Gasteiger partial charge in [-0.05, 0) is 12.5 Å². The number of hydrogen-bond donors (Lipinski definition) is 2.